The quantitative estimate of drug-likeness (QED) is 0.806. The number of rotatable bonds is 6. The van der Waals surface area contributed by atoms with Gasteiger partial charge < -0.3 is 14.6 Å². The van der Waals surface area contributed by atoms with Crippen molar-refractivity contribution in [3.63, 3.8) is 0 Å². The number of benzene rings is 1. The van der Waals surface area contributed by atoms with E-state index in [2.05, 4.69) is 10.3 Å². The molecule has 25 heavy (non-hydrogen) atoms. The van der Waals surface area contributed by atoms with Gasteiger partial charge in [0.25, 0.3) is 11.5 Å². The first-order chi connectivity index (χ1) is 11.9. The molecule has 134 valence electrons. The highest BCUT2D eigenvalue weighted by Crippen LogP contribution is 2.15. The molecule has 1 aromatic carbocycles. The van der Waals surface area contributed by atoms with Gasteiger partial charge in [0.1, 0.15) is 5.69 Å². The van der Waals surface area contributed by atoms with E-state index in [-0.39, 0.29) is 17.0 Å². The fourth-order valence-corrected chi connectivity index (χ4v) is 2.49. The van der Waals surface area contributed by atoms with Crippen LogP contribution < -0.4 is 10.9 Å². The minimum atomic E-state index is -0.881. The highest BCUT2D eigenvalue weighted by Gasteiger charge is 2.19. The van der Waals surface area contributed by atoms with Crippen LogP contribution in [-0.4, -0.2) is 34.1 Å². The lowest BCUT2D eigenvalue weighted by molar-refractivity contribution is -0.129. The smallest absolute Gasteiger partial charge is 0.338 e. The second-order valence-corrected chi connectivity index (χ2v) is 5.79. The number of ether oxygens (including phenoxy) is 1. The Kier molecular flexibility index (Phi) is 5.90. The molecule has 0 aliphatic heterocycles. The van der Waals surface area contributed by atoms with Crippen LogP contribution in [0.25, 0.3) is 11.0 Å². The largest absolute Gasteiger partial charge is 0.449 e. The molecule has 7 nitrogen and oxygen atoms in total. The van der Waals surface area contributed by atoms with Crippen LogP contribution in [0.5, 0.6) is 0 Å². The molecule has 1 amide bonds. The third-order valence-electron chi connectivity index (χ3n) is 3.86. The zero-order chi connectivity index (χ0) is 18.6. The molecule has 0 spiro atoms. The number of carbonyl (C=O) groups is 2. The van der Waals surface area contributed by atoms with Crippen LogP contribution in [0.15, 0.2) is 23.0 Å². The van der Waals surface area contributed by atoms with E-state index in [1.54, 1.807) is 29.7 Å². The molecule has 1 atom stereocenters. The number of esters is 1. The number of fused-ring (bicyclic) bond motifs is 1. The lowest BCUT2D eigenvalue weighted by Gasteiger charge is -2.14. The number of aryl methyl sites for hydroxylation is 2. The standard InChI is InChI=1S/C18H23N3O4/c1-5-9-19-16(22)12(4)25-18(24)13-7-8-15-14(10-13)20-11(3)17(23)21(15)6-2/h7-8,10,12H,5-6,9H2,1-4H3,(H,19,22)/t12-/m0/s1. The van der Waals surface area contributed by atoms with Crippen molar-refractivity contribution >= 4 is 22.9 Å². The van der Waals surface area contributed by atoms with Gasteiger partial charge in [0.2, 0.25) is 0 Å². The minimum absolute atomic E-state index is 0.147. The molecule has 0 saturated heterocycles. The van der Waals surface area contributed by atoms with E-state index >= 15 is 0 Å². The Hall–Kier alpha value is -2.70. The fourth-order valence-electron chi connectivity index (χ4n) is 2.49. The summed E-state index contributed by atoms with van der Waals surface area (Å²) in [5.41, 5.74) is 1.70. The van der Waals surface area contributed by atoms with E-state index in [1.807, 2.05) is 13.8 Å². The number of amides is 1. The predicted molar refractivity (Wildman–Crippen MR) is 94.6 cm³/mol. The molecule has 7 heteroatoms. The topological polar surface area (TPSA) is 90.3 Å². The number of nitrogens with one attached hydrogen (secondary N) is 1. The average Bonchev–Trinajstić information content (AvgIpc) is 2.60. The molecule has 0 aliphatic rings. The normalized spacial score (nSPS) is 12.0. The first-order valence-electron chi connectivity index (χ1n) is 8.38. The van der Waals surface area contributed by atoms with E-state index in [1.165, 1.54) is 6.92 Å². The molecule has 0 radical (unpaired) electrons. The Balaban J connectivity index is 2.26. The molecule has 0 aliphatic carbocycles. The summed E-state index contributed by atoms with van der Waals surface area (Å²) >= 11 is 0. The third-order valence-corrected chi connectivity index (χ3v) is 3.86. The van der Waals surface area contributed by atoms with Gasteiger partial charge in [0, 0.05) is 13.1 Å². The van der Waals surface area contributed by atoms with E-state index in [0.717, 1.165) is 6.42 Å². The van der Waals surface area contributed by atoms with Crippen molar-refractivity contribution in [2.75, 3.05) is 6.54 Å². The maximum atomic E-state index is 12.3. The van der Waals surface area contributed by atoms with Gasteiger partial charge in [-0.2, -0.15) is 0 Å². The van der Waals surface area contributed by atoms with Crippen molar-refractivity contribution in [2.45, 2.75) is 46.8 Å². The van der Waals surface area contributed by atoms with Crippen LogP contribution in [0.4, 0.5) is 0 Å². The van der Waals surface area contributed by atoms with Crippen LogP contribution in [0.1, 0.15) is 43.2 Å². The molecule has 1 aromatic heterocycles. The summed E-state index contributed by atoms with van der Waals surface area (Å²) in [6.07, 6.45) is -0.0737. The lowest BCUT2D eigenvalue weighted by atomic mass is 10.2. The Morgan fingerprint density at radius 3 is 2.68 bits per heavy atom. The summed E-state index contributed by atoms with van der Waals surface area (Å²) in [7, 11) is 0. The first-order valence-corrected chi connectivity index (χ1v) is 8.38. The molecule has 0 unspecified atom stereocenters. The van der Waals surface area contributed by atoms with Gasteiger partial charge in [-0.25, -0.2) is 9.78 Å². The number of hydrogen-bond acceptors (Lipinski definition) is 5. The Labute approximate surface area is 146 Å². The van der Waals surface area contributed by atoms with Gasteiger partial charge in [0.05, 0.1) is 16.6 Å². The second kappa shape index (κ2) is 7.92. The van der Waals surface area contributed by atoms with Crippen molar-refractivity contribution in [3.05, 3.63) is 39.8 Å². The van der Waals surface area contributed by atoms with Gasteiger partial charge in [-0.3, -0.25) is 9.59 Å². The monoisotopic (exact) mass is 345 g/mol. The van der Waals surface area contributed by atoms with E-state index in [9.17, 15) is 14.4 Å². The molecule has 0 bridgehead atoms. The summed E-state index contributed by atoms with van der Waals surface area (Å²) in [5, 5.41) is 2.68. The predicted octanol–water partition coefficient (Wildman–Crippen LogP) is 1.80. The van der Waals surface area contributed by atoms with Gasteiger partial charge in [-0.05, 0) is 45.4 Å². The fraction of sp³-hybridized carbons (Fsp3) is 0.444. The molecular formula is C18H23N3O4. The zero-order valence-electron chi connectivity index (χ0n) is 15.0. The Morgan fingerprint density at radius 1 is 1.32 bits per heavy atom. The summed E-state index contributed by atoms with van der Waals surface area (Å²) in [6.45, 7) is 8.03. The maximum absolute atomic E-state index is 12.3. The molecular weight excluding hydrogens is 322 g/mol. The van der Waals surface area contributed by atoms with Gasteiger partial charge >= 0.3 is 5.97 Å². The van der Waals surface area contributed by atoms with Crippen molar-refractivity contribution < 1.29 is 14.3 Å². The molecule has 1 heterocycles. The third kappa shape index (κ3) is 4.04. The van der Waals surface area contributed by atoms with Gasteiger partial charge in [-0.15, -0.1) is 0 Å². The second-order valence-electron chi connectivity index (χ2n) is 5.79. The van der Waals surface area contributed by atoms with Crippen LogP contribution in [0, 0.1) is 6.92 Å². The maximum Gasteiger partial charge on any atom is 0.338 e. The summed E-state index contributed by atoms with van der Waals surface area (Å²) in [5.74, 6) is -0.931. The van der Waals surface area contributed by atoms with E-state index in [4.69, 9.17) is 4.74 Å². The van der Waals surface area contributed by atoms with Crippen molar-refractivity contribution in [1.82, 2.24) is 14.9 Å². The Bertz CT molecular complexity index is 857. The zero-order valence-corrected chi connectivity index (χ0v) is 15.0. The molecule has 0 saturated carbocycles. The van der Waals surface area contributed by atoms with Crippen LogP contribution >= 0.6 is 0 Å². The number of nitrogens with zero attached hydrogens (tertiary/aromatic N) is 2. The van der Waals surface area contributed by atoms with E-state index < -0.39 is 12.1 Å². The lowest BCUT2D eigenvalue weighted by Crippen LogP contribution is -2.36. The van der Waals surface area contributed by atoms with E-state index in [0.29, 0.717) is 29.8 Å². The molecule has 2 aromatic rings. The van der Waals surface area contributed by atoms with Crippen LogP contribution in [0.3, 0.4) is 0 Å². The van der Waals surface area contributed by atoms with Crippen LogP contribution in [0.2, 0.25) is 0 Å². The molecule has 1 N–H and O–H groups in total. The number of carbonyl (C=O) groups excluding carboxylic acids is 2. The van der Waals surface area contributed by atoms with Crippen molar-refractivity contribution in [2.24, 2.45) is 0 Å². The number of aromatic nitrogens is 2. The average molecular weight is 345 g/mol. The highest BCUT2D eigenvalue weighted by atomic mass is 16.5. The summed E-state index contributed by atoms with van der Waals surface area (Å²) < 4.78 is 6.81. The highest BCUT2D eigenvalue weighted by molar-refractivity contribution is 5.95. The summed E-state index contributed by atoms with van der Waals surface area (Å²) in [6, 6.07) is 4.82. The van der Waals surface area contributed by atoms with Gasteiger partial charge in [-0.1, -0.05) is 6.92 Å². The SMILES string of the molecule is CCCNC(=O)[C@H](C)OC(=O)c1ccc2c(c1)nc(C)c(=O)n2CC. The summed E-state index contributed by atoms with van der Waals surface area (Å²) in [4.78, 5) is 40.5. The molecule has 0 fully saturated rings. The van der Waals surface area contributed by atoms with Crippen molar-refractivity contribution in [3.8, 4) is 0 Å². The number of hydrogen-bond donors (Lipinski definition) is 1. The Morgan fingerprint density at radius 2 is 2.04 bits per heavy atom. The van der Waals surface area contributed by atoms with Gasteiger partial charge in [0.15, 0.2) is 6.10 Å². The minimum Gasteiger partial charge on any atom is -0.449 e. The first kappa shape index (κ1) is 18.6. The van der Waals surface area contributed by atoms with Crippen LogP contribution in [-0.2, 0) is 16.1 Å². The molecule has 2 rings (SSSR count). The van der Waals surface area contributed by atoms with Crippen molar-refractivity contribution in [1.29, 1.82) is 0 Å².